The first kappa shape index (κ1) is 22.0. The Morgan fingerprint density at radius 2 is 1.88 bits per heavy atom. The van der Waals surface area contributed by atoms with Crippen LogP contribution in [-0.2, 0) is 14.8 Å². The zero-order valence-corrected chi connectivity index (χ0v) is 19.3. The molecule has 0 aromatic carbocycles. The van der Waals surface area contributed by atoms with Crippen molar-refractivity contribution in [2.45, 2.75) is 4.90 Å². The maximum Gasteiger partial charge on any atom is 0.280 e. The predicted molar refractivity (Wildman–Crippen MR) is 128 cm³/mol. The van der Waals surface area contributed by atoms with Crippen molar-refractivity contribution >= 4 is 27.7 Å². The first-order valence-corrected chi connectivity index (χ1v) is 12.2. The number of nitrogens with zero attached hydrogens (tertiary/aromatic N) is 7. The quantitative estimate of drug-likeness (QED) is 0.310. The number of pyridine rings is 3. The largest absolute Gasteiger partial charge is 0.378 e. The van der Waals surface area contributed by atoms with Crippen LogP contribution in [0.15, 0.2) is 77.4 Å². The van der Waals surface area contributed by atoms with Gasteiger partial charge in [-0.25, -0.2) is 9.97 Å². The first-order chi connectivity index (χ1) is 16.5. The molecule has 0 spiro atoms. The van der Waals surface area contributed by atoms with E-state index in [9.17, 15) is 8.42 Å². The highest BCUT2D eigenvalue weighted by Crippen LogP contribution is 2.20. The van der Waals surface area contributed by atoms with Crippen molar-refractivity contribution in [2.75, 3.05) is 38.3 Å². The highest BCUT2D eigenvalue weighted by atomic mass is 32.2. The van der Waals surface area contributed by atoms with Gasteiger partial charge in [0.05, 0.1) is 31.3 Å². The fourth-order valence-corrected chi connectivity index (χ4v) is 4.56. The van der Waals surface area contributed by atoms with Crippen LogP contribution in [0.3, 0.4) is 0 Å². The molecule has 34 heavy (non-hydrogen) atoms. The molecule has 1 aliphatic heterocycles. The van der Waals surface area contributed by atoms with Crippen molar-refractivity contribution in [3.8, 4) is 11.1 Å². The van der Waals surface area contributed by atoms with Crippen LogP contribution >= 0.6 is 0 Å². The van der Waals surface area contributed by atoms with Gasteiger partial charge in [0.2, 0.25) is 0 Å². The van der Waals surface area contributed by atoms with E-state index in [-0.39, 0.29) is 4.90 Å². The van der Waals surface area contributed by atoms with Gasteiger partial charge in [0.15, 0.2) is 0 Å². The Morgan fingerprint density at radius 3 is 2.62 bits per heavy atom. The molecule has 0 bridgehead atoms. The molecule has 0 amide bonds. The molecule has 4 aromatic rings. The summed E-state index contributed by atoms with van der Waals surface area (Å²) in [6, 6.07) is 11.0. The van der Waals surface area contributed by atoms with Crippen molar-refractivity contribution < 1.29 is 13.2 Å². The smallest absolute Gasteiger partial charge is 0.280 e. The summed E-state index contributed by atoms with van der Waals surface area (Å²) < 4.78 is 34.1. The second kappa shape index (κ2) is 9.20. The van der Waals surface area contributed by atoms with Crippen molar-refractivity contribution in [1.82, 2.24) is 23.8 Å². The van der Waals surface area contributed by atoms with Gasteiger partial charge in [-0.3, -0.25) is 9.38 Å². The summed E-state index contributed by atoms with van der Waals surface area (Å²) in [7, 11) is -2.46. The fraction of sp³-hybridized carbons (Fsp3) is 0.217. The molecule has 0 aliphatic carbocycles. The number of imidazole rings is 1. The fourth-order valence-electron chi connectivity index (χ4n) is 3.66. The van der Waals surface area contributed by atoms with Crippen LogP contribution < -0.4 is 4.90 Å². The van der Waals surface area contributed by atoms with Crippen LogP contribution in [0.2, 0.25) is 0 Å². The summed E-state index contributed by atoms with van der Waals surface area (Å²) in [5.41, 5.74) is 3.29. The van der Waals surface area contributed by atoms with E-state index in [0.717, 1.165) is 40.1 Å². The van der Waals surface area contributed by atoms with Crippen LogP contribution in [0.25, 0.3) is 16.8 Å². The SMILES string of the molecule is CN(/N=C/c1cnc2ccc(-c3cccnc3)cn12)S(=O)(=O)c1ccc(N2CCOCC2)nc1. The van der Waals surface area contributed by atoms with Gasteiger partial charge in [-0.1, -0.05) is 6.07 Å². The number of ether oxygens (including phenoxy) is 1. The summed E-state index contributed by atoms with van der Waals surface area (Å²) in [5, 5.41) is 4.17. The number of aromatic nitrogens is 4. The molecular formula is C23H23N7O3S. The lowest BCUT2D eigenvalue weighted by molar-refractivity contribution is 0.122. The van der Waals surface area contributed by atoms with E-state index in [4.69, 9.17) is 4.74 Å². The minimum absolute atomic E-state index is 0.0705. The van der Waals surface area contributed by atoms with Crippen molar-refractivity contribution in [3.63, 3.8) is 0 Å². The van der Waals surface area contributed by atoms with Crippen LogP contribution in [-0.4, -0.2) is 71.8 Å². The monoisotopic (exact) mass is 477 g/mol. The van der Waals surface area contributed by atoms with Crippen molar-refractivity contribution in [1.29, 1.82) is 0 Å². The Hall–Kier alpha value is -3.83. The molecule has 0 unspecified atom stereocenters. The summed E-state index contributed by atoms with van der Waals surface area (Å²) in [4.78, 5) is 15.0. The summed E-state index contributed by atoms with van der Waals surface area (Å²) in [6.07, 6.45) is 9.90. The van der Waals surface area contributed by atoms with E-state index < -0.39 is 10.0 Å². The summed E-state index contributed by atoms with van der Waals surface area (Å²) in [6.45, 7) is 2.72. The van der Waals surface area contributed by atoms with E-state index >= 15 is 0 Å². The minimum Gasteiger partial charge on any atom is -0.378 e. The standard InChI is InChI=1S/C23H23N7O3S/c1-28(34(31,32)21-5-7-22(26-16-21)29-9-11-33-12-10-29)27-15-20-14-25-23-6-4-19(17-30(20)23)18-3-2-8-24-13-18/h2-8,13-17H,9-12H2,1H3/b27-15+. The lowest BCUT2D eigenvalue weighted by atomic mass is 10.1. The maximum absolute atomic E-state index is 13.0. The number of hydrazone groups is 1. The Kier molecular flexibility index (Phi) is 5.95. The number of fused-ring (bicyclic) bond motifs is 1. The van der Waals surface area contributed by atoms with Gasteiger partial charge in [0.1, 0.15) is 16.4 Å². The second-order valence-electron chi connectivity index (χ2n) is 7.71. The minimum atomic E-state index is -3.85. The number of anilines is 1. The van der Waals surface area contributed by atoms with Crippen LogP contribution in [0.4, 0.5) is 5.82 Å². The first-order valence-electron chi connectivity index (χ1n) is 10.7. The second-order valence-corrected chi connectivity index (χ2v) is 9.66. The molecule has 0 radical (unpaired) electrons. The Bertz CT molecular complexity index is 1410. The summed E-state index contributed by atoms with van der Waals surface area (Å²) >= 11 is 0. The molecule has 1 fully saturated rings. The van der Waals surface area contributed by atoms with E-state index in [1.807, 2.05) is 34.9 Å². The van der Waals surface area contributed by atoms with Crippen LogP contribution in [0, 0.1) is 0 Å². The molecule has 0 atom stereocenters. The molecule has 0 N–H and O–H groups in total. The number of sulfonamides is 1. The number of rotatable bonds is 6. The Balaban J connectivity index is 1.36. The van der Waals surface area contributed by atoms with E-state index in [1.54, 1.807) is 30.7 Å². The van der Waals surface area contributed by atoms with E-state index in [2.05, 4.69) is 25.0 Å². The molecule has 5 rings (SSSR count). The molecule has 4 aromatic heterocycles. The summed E-state index contributed by atoms with van der Waals surface area (Å²) in [5.74, 6) is 0.726. The van der Waals surface area contributed by atoms with Crippen LogP contribution in [0.1, 0.15) is 5.69 Å². The highest BCUT2D eigenvalue weighted by Gasteiger charge is 2.21. The zero-order valence-electron chi connectivity index (χ0n) is 18.5. The van der Waals surface area contributed by atoms with Gasteiger partial charge in [-0.2, -0.15) is 17.9 Å². The average molecular weight is 478 g/mol. The van der Waals surface area contributed by atoms with Crippen molar-refractivity contribution in [3.05, 3.63) is 73.1 Å². The molecule has 10 nitrogen and oxygen atoms in total. The Morgan fingerprint density at radius 1 is 1.03 bits per heavy atom. The number of hydrogen-bond donors (Lipinski definition) is 0. The van der Waals surface area contributed by atoms with Gasteiger partial charge < -0.3 is 9.64 Å². The topological polar surface area (TPSA) is 105 Å². The molecule has 174 valence electrons. The lowest BCUT2D eigenvalue weighted by Gasteiger charge is -2.27. The highest BCUT2D eigenvalue weighted by molar-refractivity contribution is 7.89. The molecule has 0 saturated carbocycles. The third-order valence-corrected chi connectivity index (χ3v) is 7.21. The van der Waals surface area contributed by atoms with Crippen molar-refractivity contribution in [2.24, 2.45) is 5.10 Å². The average Bonchev–Trinajstić information content (AvgIpc) is 3.30. The van der Waals surface area contributed by atoms with E-state index in [0.29, 0.717) is 18.9 Å². The molecule has 11 heteroatoms. The molecule has 1 aliphatic rings. The van der Waals surface area contributed by atoms with Gasteiger partial charge in [0, 0.05) is 56.1 Å². The predicted octanol–water partition coefficient (Wildman–Crippen LogP) is 2.28. The van der Waals surface area contributed by atoms with Crippen LogP contribution in [0.5, 0.6) is 0 Å². The molecular weight excluding hydrogens is 454 g/mol. The third-order valence-electron chi connectivity index (χ3n) is 5.58. The zero-order chi connectivity index (χ0) is 23.5. The van der Waals surface area contributed by atoms with Gasteiger partial charge in [-0.05, 0) is 30.3 Å². The Labute approximate surface area is 197 Å². The third kappa shape index (κ3) is 4.35. The van der Waals surface area contributed by atoms with Gasteiger partial charge in [-0.15, -0.1) is 0 Å². The number of morpholine rings is 1. The molecule has 1 saturated heterocycles. The normalized spacial score (nSPS) is 14.7. The van der Waals surface area contributed by atoms with Gasteiger partial charge in [0.25, 0.3) is 10.0 Å². The molecule has 5 heterocycles. The number of hydrogen-bond acceptors (Lipinski definition) is 8. The maximum atomic E-state index is 13.0. The van der Waals surface area contributed by atoms with E-state index in [1.165, 1.54) is 19.5 Å². The lowest BCUT2D eigenvalue weighted by Crippen LogP contribution is -2.36. The van der Waals surface area contributed by atoms with Gasteiger partial charge >= 0.3 is 0 Å².